The molecule has 4 nitrogen and oxygen atoms in total. The minimum absolute atomic E-state index is 0.0622. The summed E-state index contributed by atoms with van der Waals surface area (Å²) < 4.78 is 13.8. The lowest BCUT2D eigenvalue weighted by molar-refractivity contribution is 0.0804. The number of fused-ring (bicyclic) bond motifs is 1. The summed E-state index contributed by atoms with van der Waals surface area (Å²) in [6.07, 6.45) is 1.60. The number of aryl methyl sites for hydroxylation is 1. The maximum atomic E-state index is 13.8. The van der Waals surface area contributed by atoms with Gasteiger partial charge in [-0.1, -0.05) is 24.3 Å². The maximum Gasteiger partial charge on any atom is 0.255 e. The molecule has 1 N–H and O–H groups in total. The van der Waals surface area contributed by atoms with Crippen molar-refractivity contribution in [3.8, 4) is 0 Å². The SMILES string of the molecule is CCN(C)C(=O)c1cnc(Nc2cccc(F)c2C)c2cccc(C)c12. The number of amides is 1. The summed E-state index contributed by atoms with van der Waals surface area (Å²) in [5.41, 5.74) is 2.76. The van der Waals surface area contributed by atoms with E-state index in [-0.39, 0.29) is 11.7 Å². The first-order chi connectivity index (χ1) is 12.4. The molecule has 0 bridgehead atoms. The number of hydrogen-bond acceptors (Lipinski definition) is 3. The van der Waals surface area contributed by atoms with Crippen LogP contribution >= 0.6 is 0 Å². The van der Waals surface area contributed by atoms with Crippen LogP contribution in [0.4, 0.5) is 15.9 Å². The van der Waals surface area contributed by atoms with Gasteiger partial charge in [-0.2, -0.15) is 0 Å². The average molecular weight is 351 g/mol. The van der Waals surface area contributed by atoms with Crippen LogP contribution in [-0.2, 0) is 0 Å². The zero-order chi connectivity index (χ0) is 18.8. The summed E-state index contributed by atoms with van der Waals surface area (Å²) in [5.74, 6) is 0.271. The lowest BCUT2D eigenvalue weighted by Crippen LogP contribution is -2.26. The first-order valence-electron chi connectivity index (χ1n) is 8.60. The summed E-state index contributed by atoms with van der Waals surface area (Å²) in [6.45, 7) is 6.25. The van der Waals surface area contributed by atoms with Crippen molar-refractivity contribution < 1.29 is 9.18 Å². The molecule has 5 heteroatoms. The van der Waals surface area contributed by atoms with E-state index >= 15 is 0 Å². The van der Waals surface area contributed by atoms with Crippen LogP contribution in [0.2, 0.25) is 0 Å². The standard InChI is InChI=1S/C21H22FN3O/c1-5-25(4)21(26)16-12-23-20(15-9-6-8-13(2)19(15)16)24-18-11-7-10-17(22)14(18)3/h6-12H,5H2,1-4H3,(H,23,24). The van der Waals surface area contributed by atoms with Gasteiger partial charge in [0.05, 0.1) is 5.56 Å². The Bertz CT molecular complexity index is 984. The maximum absolute atomic E-state index is 13.8. The van der Waals surface area contributed by atoms with E-state index in [2.05, 4.69) is 10.3 Å². The van der Waals surface area contributed by atoms with Crippen molar-refractivity contribution in [1.82, 2.24) is 9.88 Å². The van der Waals surface area contributed by atoms with Crippen LogP contribution < -0.4 is 5.32 Å². The summed E-state index contributed by atoms with van der Waals surface area (Å²) in [5, 5.41) is 4.92. The van der Waals surface area contributed by atoms with E-state index in [9.17, 15) is 9.18 Å². The molecule has 0 saturated heterocycles. The van der Waals surface area contributed by atoms with Gasteiger partial charge in [0.15, 0.2) is 0 Å². The highest BCUT2D eigenvalue weighted by Crippen LogP contribution is 2.31. The predicted octanol–water partition coefficient (Wildman–Crippen LogP) is 4.83. The van der Waals surface area contributed by atoms with Gasteiger partial charge in [0.1, 0.15) is 11.6 Å². The number of hydrogen-bond donors (Lipinski definition) is 1. The largest absolute Gasteiger partial charge is 0.342 e. The number of benzene rings is 2. The summed E-state index contributed by atoms with van der Waals surface area (Å²) in [7, 11) is 1.77. The fraction of sp³-hybridized carbons (Fsp3) is 0.238. The van der Waals surface area contributed by atoms with Crippen molar-refractivity contribution in [2.45, 2.75) is 20.8 Å². The van der Waals surface area contributed by atoms with Crippen molar-refractivity contribution in [2.24, 2.45) is 0 Å². The molecule has 0 aliphatic heterocycles. The third-order valence-corrected chi connectivity index (χ3v) is 4.69. The molecule has 134 valence electrons. The van der Waals surface area contributed by atoms with Crippen molar-refractivity contribution in [3.63, 3.8) is 0 Å². The molecule has 1 heterocycles. The van der Waals surface area contributed by atoms with Gasteiger partial charge < -0.3 is 10.2 Å². The Labute approximate surface area is 152 Å². The zero-order valence-corrected chi connectivity index (χ0v) is 15.4. The molecule has 3 rings (SSSR count). The van der Waals surface area contributed by atoms with Crippen LogP contribution in [0.25, 0.3) is 10.8 Å². The van der Waals surface area contributed by atoms with Gasteiger partial charge in [-0.05, 0) is 38.5 Å². The van der Waals surface area contributed by atoms with Crippen molar-refractivity contribution in [3.05, 3.63) is 65.1 Å². The van der Waals surface area contributed by atoms with Crippen LogP contribution in [0.5, 0.6) is 0 Å². The minimum Gasteiger partial charge on any atom is -0.342 e. The number of halogens is 1. The molecule has 2 aromatic carbocycles. The molecule has 1 amide bonds. The number of pyridine rings is 1. The van der Waals surface area contributed by atoms with Crippen LogP contribution in [0.15, 0.2) is 42.6 Å². The normalized spacial score (nSPS) is 10.8. The zero-order valence-electron chi connectivity index (χ0n) is 15.4. The Morgan fingerprint density at radius 1 is 1.19 bits per heavy atom. The first kappa shape index (κ1) is 17.9. The number of anilines is 2. The molecular weight excluding hydrogens is 329 g/mol. The Balaban J connectivity index is 2.16. The molecule has 0 aliphatic carbocycles. The quantitative estimate of drug-likeness (QED) is 0.732. The number of rotatable bonds is 4. The summed E-state index contributed by atoms with van der Waals surface area (Å²) in [6, 6.07) is 10.7. The number of nitrogens with one attached hydrogen (secondary N) is 1. The second-order valence-corrected chi connectivity index (χ2v) is 6.37. The van der Waals surface area contributed by atoms with Crippen molar-refractivity contribution in [2.75, 3.05) is 18.9 Å². The van der Waals surface area contributed by atoms with Crippen LogP contribution in [0.1, 0.15) is 28.4 Å². The van der Waals surface area contributed by atoms with Crippen LogP contribution in [0.3, 0.4) is 0 Å². The van der Waals surface area contributed by atoms with Gasteiger partial charge >= 0.3 is 0 Å². The van der Waals surface area contributed by atoms with Crippen molar-refractivity contribution in [1.29, 1.82) is 0 Å². The molecule has 0 radical (unpaired) electrons. The Kier molecular flexibility index (Phi) is 4.89. The first-order valence-corrected chi connectivity index (χ1v) is 8.60. The van der Waals surface area contributed by atoms with Gasteiger partial charge in [-0.3, -0.25) is 4.79 Å². The lowest BCUT2D eigenvalue weighted by atomic mass is 10.0. The predicted molar refractivity (Wildman–Crippen MR) is 104 cm³/mol. The molecule has 0 spiro atoms. The topological polar surface area (TPSA) is 45.2 Å². The average Bonchev–Trinajstić information content (AvgIpc) is 2.64. The van der Waals surface area contributed by atoms with E-state index in [1.807, 2.05) is 38.1 Å². The van der Waals surface area contributed by atoms with E-state index in [0.717, 1.165) is 16.3 Å². The van der Waals surface area contributed by atoms with E-state index < -0.39 is 0 Å². The van der Waals surface area contributed by atoms with E-state index in [0.29, 0.717) is 29.2 Å². The molecule has 0 unspecified atom stereocenters. The monoisotopic (exact) mass is 351 g/mol. The number of aromatic nitrogens is 1. The second kappa shape index (κ2) is 7.12. The molecule has 0 aliphatic rings. The van der Waals surface area contributed by atoms with Crippen LogP contribution in [-0.4, -0.2) is 29.4 Å². The molecule has 0 atom stereocenters. The summed E-state index contributed by atoms with van der Waals surface area (Å²) in [4.78, 5) is 18.9. The van der Waals surface area contributed by atoms with E-state index in [1.54, 1.807) is 31.1 Å². The molecule has 3 aromatic rings. The smallest absolute Gasteiger partial charge is 0.255 e. The molecule has 0 saturated carbocycles. The van der Waals surface area contributed by atoms with Gasteiger partial charge in [0.25, 0.3) is 5.91 Å². The van der Waals surface area contributed by atoms with Gasteiger partial charge in [-0.15, -0.1) is 0 Å². The molecule has 1 aromatic heterocycles. The highest BCUT2D eigenvalue weighted by atomic mass is 19.1. The van der Waals surface area contributed by atoms with Crippen LogP contribution in [0, 0.1) is 19.7 Å². The molecule has 0 fully saturated rings. The Morgan fingerprint density at radius 3 is 2.65 bits per heavy atom. The lowest BCUT2D eigenvalue weighted by Gasteiger charge is -2.18. The number of nitrogens with zero attached hydrogens (tertiary/aromatic N) is 2. The highest BCUT2D eigenvalue weighted by Gasteiger charge is 2.18. The fourth-order valence-corrected chi connectivity index (χ4v) is 2.97. The van der Waals surface area contributed by atoms with E-state index in [4.69, 9.17) is 0 Å². The van der Waals surface area contributed by atoms with E-state index in [1.165, 1.54) is 6.07 Å². The Hall–Kier alpha value is -2.95. The van der Waals surface area contributed by atoms with Crippen molar-refractivity contribution >= 4 is 28.2 Å². The van der Waals surface area contributed by atoms with Gasteiger partial charge in [0.2, 0.25) is 0 Å². The molecule has 26 heavy (non-hydrogen) atoms. The number of carbonyl (C=O) groups excluding carboxylic acids is 1. The minimum atomic E-state index is -0.271. The molecular formula is C21H22FN3O. The number of carbonyl (C=O) groups is 1. The third kappa shape index (κ3) is 3.12. The fourth-order valence-electron chi connectivity index (χ4n) is 2.97. The third-order valence-electron chi connectivity index (χ3n) is 4.69. The van der Waals surface area contributed by atoms with Gasteiger partial charge in [0, 0.05) is 41.8 Å². The second-order valence-electron chi connectivity index (χ2n) is 6.37. The Morgan fingerprint density at radius 2 is 1.92 bits per heavy atom. The summed E-state index contributed by atoms with van der Waals surface area (Å²) >= 11 is 0. The van der Waals surface area contributed by atoms with Gasteiger partial charge in [-0.25, -0.2) is 9.37 Å². The highest BCUT2D eigenvalue weighted by molar-refractivity contribution is 6.10.